The third-order valence-corrected chi connectivity index (χ3v) is 4.06. The van der Waals surface area contributed by atoms with Crippen molar-refractivity contribution in [1.29, 1.82) is 5.26 Å². The van der Waals surface area contributed by atoms with Gasteiger partial charge < -0.3 is 9.26 Å². The van der Waals surface area contributed by atoms with Crippen LogP contribution in [0.2, 0.25) is 0 Å². The highest BCUT2D eigenvalue weighted by atomic mass is 32.1. The largest absolute Gasteiger partial charge is 0.378 e. The van der Waals surface area contributed by atoms with Crippen molar-refractivity contribution in [2.45, 2.75) is 31.8 Å². The molecule has 0 aromatic carbocycles. The maximum absolute atomic E-state index is 8.80. The fraction of sp³-hybridized carbons (Fsp3) is 0.462. The summed E-state index contributed by atoms with van der Waals surface area (Å²) in [6.45, 7) is 0.825. The van der Waals surface area contributed by atoms with Gasteiger partial charge in [-0.15, -0.1) is 11.3 Å². The van der Waals surface area contributed by atoms with Gasteiger partial charge in [0.1, 0.15) is 10.9 Å². The van der Waals surface area contributed by atoms with Gasteiger partial charge in [-0.25, -0.2) is 0 Å². The predicted octanol–water partition coefficient (Wildman–Crippen LogP) is 2.78. The predicted molar refractivity (Wildman–Crippen MR) is 69.6 cm³/mol. The van der Waals surface area contributed by atoms with Gasteiger partial charge in [-0.1, -0.05) is 5.16 Å². The van der Waals surface area contributed by atoms with Crippen molar-refractivity contribution in [2.75, 3.05) is 6.61 Å². The number of rotatable bonds is 3. The summed E-state index contributed by atoms with van der Waals surface area (Å²) in [6, 6.07) is 5.69. The molecule has 3 heterocycles. The zero-order valence-electron chi connectivity index (χ0n) is 10.3. The number of thiophene rings is 1. The summed E-state index contributed by atoms with van der Waals surface area (Å²) in [4.78, 5) is 5.84. The van der Waals surface area contributed by atoms with Gasteiger partial charge in [0, 0.05) is 13.0 Å². The van der Waals surface area contributed by atoms with Gasteiger partial charge in [-0.05, 0) is 31.4 Å². The van der Waals surface area contributed by atoms with Gasteiger partial charge in [-0.3, -0.25) is 0 Å². The van der Waals surface area contributed by atoms with Crippen molar-refractivity contribution >= 4 is 11.3 Å². The van der Waals surface area contributed by atoms with Crippen LogP contribution in [0.5, 0.6) is 0 Å². The van der Waals surface area contributed by atoms with E-state index in [0.29, 0.717) is 23.0 Å². The first kappa shape index (κ1) is 12.3. The summed E-state index contributed by atoms with van der Waals surface area (Å²) >= 11 is 1.36. The topological polar surface area (TPSA) is 71.9 Å². The van der Waals surface area contributed by atoms with Crippen LogP contribution in [0.15, 0.2) is 16.7 Å². The highest BCUT2D eigenvalue weighted by Gasteiger charge is 2.18. The van der Waals surface area contributed by atoms with Crippen LogP contribution in [-0.2, 0) is 11.2 Å². The van der Waals surface area contributed by atoms with E-state index in [0.717, 1.165) is 24.3 Å². The highest BCUT2D eigenvalue weighted by molar-refractivity contribution is 7.15. The molecule has 1 aliphatic heterocycles. The third kappa shape index (κ3) is 2.83. The molecule has 2 aromatic heterocycles. The Morgan fingerprint density at radius 3 is 3.11 bits per heavy atom. The van der Waals surface area contributed by atoms with Crippen LogP contribution in [0.1, 0.15) is 30.0 Å². The Hall–Kier alpha value is -1.71. The monoisotopic (exact) mass is 275 g/mol. The van der Waals surface area contributed by atoms with Crippen molar-refractivity contribution in [3.05, 3.63) is 22.8 Å². The van der Waals surface area contributed by atoms with Crippen LogP contribution >= 0.6 is 11.3 Å². The molecule has 6 heteroatoms. The quantitative estimate of drug-likeness (QED) is 0.861. The molecule has 3 rings (SSSR count). The Kier molecular flexibility index (Phi) is 3.58. The maximum atomic E-state index is 8.80. The summed E-state index contributed by atoms with van der Waals surface area (Å²) in [7, 11) is 0. The van der Waals surface area contributed by atoms with Crippen molar-refractivity contribution < 1.29 is 9.26 Å². The molecular formula is C13H13N3O2S. The van der Waals surface area contributed by atoms with Gasteiger partial charge in [0.25, 0.3) is 5.89 Å². The lowest BCUT2D eigenvalue weighted by molar-refractivity contribution is 0.0153. The lowest BCUT2D eigenvalue weighted by Crippen LogP contribution is -2.21. The second kappa shape index (κ2) is 5.51. The minimum Gasteiger partial charge on any atom is -0.378 e. The van der Waals surface area contributed by atoms with E-state index in [2.05, 4.69) is 16.2 Å². The summed E-state index contributed by atoms with van der Waals surface area (Å²) in [6.07, 6.45) is 4.30. The number of aromatic nitrogens is 2. The minimum atomic E-state index is 0.206. The Balaban J connectivity index is 1.70. The normalized spacial score (nSPS) is 19.2. The SMILES string of the molecule is N#Cc1ccc(-c2nc(CC3CCCCO3)no2)s1. The van der Waals surface area contributed by atoms with Gasteiger partial charge in [-0.2, -0.15) is 10.2 Å². The number of hydrogen-bond acceptors (Lipinski definition) is 6. The molecule has 0 bridgehead atoms. The Bertz CT molecular complexity index is 593. The Labute approximate surface area is 114 Å². The number of nitriles is 1. The molecule has 98 valence electrons. The molecule has 0 saturated carbocycles. The van der Waals surface area contributed by atoms with Gasteiger partial charge in [0.2, 0.25) is 0 Å². The summed E-state index contributed by atoms with van der Waals surface area (Å²) in [5, 5.41) is 12.8. The smallest absolute Gasteiger partial charge is 0.268 e. The van der Waals surface area contributed by atoms with Gasteiger partial charge >= 0.3 is 0 Å². The molecule has 0 N–H and O–H groups in total. The first-order valence-corrected chi connectivity index (χ1v) is 7.11. The van der Waals surface area contributed by atoms with E-state index >= 15 is 0 Å². The molecule has 1 atom stereocenters. The van der Waals surface area contributed by atoms with Crippen LogP contribution in [0.4, 0.5) is 0 Å². The number of nitrogens with zero attached hydrogens (tertiary/aromatic N) is 3. The van der Waals surface area contributed by atoms with Crippen molar-refractivity contribution in [1.82, 2.24) is 10.1 Å². The summed E-state index contributed by atoms with van der Waals surface area (Å²) in [5.74, 6) is 1.16. The fourth-order valence-electron chi connectivity index (χ4n) is 2.12. The maximum Gasteiger partial charge on any atom is 0.268 e. The van der Waals surface area contributed by atoms with Crippen molar-refractivity contribution in [3.8, 4) is 16.8 Å². The Morgan fingerprint density at radius 2 is 2.37 bits per heavy atom. The molecule has 2 aromatic rings. The van der Waals surface area contributed by atoms with Crippen LogP contribution in [0, 0.1) is 11.3 Å². The van der Waals surface area contributed by atoms with Crippen LogP contribution in [-0.4, -0.2) is 22.9 Å². The molecule has 1 aliphatic rings. The van der Waals surface area contributed by atoms with Crippen molar-refractivity contribution in [2.24, 2.45) is 0 Å². The van der Waals surface area contributed by atoms with E-state index in [-0.39, 0.29) is 6.10 Å². The van der Waals surface area contributed by atoms with E-state index in [1.165, 1.54) is 17.8 Å². The van der Waals surface area contributed by atoms with E-state index in [4.69, 9.17) is 14.5 Å². The molecule has 1 saturated heterocycles. The molecule has 0 aliphatic carbocycles. The second-order valence-corrected chi connectivity index (χ2v) is 5.57. The highest BCUT2D eigenvalue weighted by Crippen LogP contribution is 2.26. The van der Waals surface area contributed by atoms with E-state index < -0.39 is 0 Å². The van der Waals surface area contributed by atoms with E-state index in [9.17, 15) is 0 Å². The zero-order chi connectivity index (χ0) is 13.1. The number of ether oxygens (including phenoxy) is 1. The standard InChI is InChI=1S/C13H13N3O2S/c14-8-10-4-5-11(19-10)13-15-12(16-18-13)7-9-3-1-2-6-17-9/h4-5,9H,1-3,6-7H2. The molecular weight excluding hydrogens is 262 g/mol. The average molecular weight is 275 g/mol. The molecule has 5 nitrogen and oxygen atoms in total. The van der Waals surface area contributed by atoms with Crippen LogP contribution < -0.4 is 0 Å². The molecule has 19 heavy (non-hydrogen) atoms. The lowest BCUT2D eigenvalue weighted by Gasteiger charge is -2.20. The second-order valence-electron chi connectivity index (χ2n) is 4.48. The Morgan fingerprint density at radius 1 is 1.42 bits per heavy atom. The summed E-state index contributed by atoms with van der Waals surface area (Å²) < 4.78 is 10.9. The van der Waals surface area contributed by atoms with Gasteiger partial charge in [0.15, 0.2) is 5.82 Å². The molecule has 0 radical (unpaired) electrons. The molecule has 0 amide bonds. The summed E-state index contributed by atoms with van der Waals surface area (Å²) in [5.41, 5.74) is 0. The molecule has 0 spiro atoms. The minimum absolute atomic E-state index is 0.206. The fourth-order valence-corrected chi connectivity index (χ4v) is 2.85. The molecule has 1 fully saturated rings. The number of hydrogen-bond donors (Lipinski definition) is 0. The first-order valence-electron chi connectivity index (χ1n) is 6.29. The first-order chi connectivity index (χ1) is 9.35. The molecule has 1 unspecified atom stereocenters. The van der Waals surface area contributed by atoms with Crippen LogP contribution in [0.25, 0.3) is 10.8 Å². The van der Waals surface area contributed by atoms with Crippen LogP contribution in [0.3, 0.4) is 0 Å². The van der Waals surface area contributed by atoms with Crippen molar-refractivity contribution in [3.63, 3.8) is 0 Å². The lowest BCUT2D eigenvalue weighted by atomic mass is 10.1. The van der Waals surface area contributed by atoms with E-state index in [1.807, 2.05) is 6.07 Å². The third-order valence-electron chi connectivity index (χ3n) is 3.08. The zero-order valence-corrected chi connectivity index (χ0v) is 11.2. The van der Waals surface area contributed by atoms with Gasteiger partial charge in [0.05, 0.1) is 11.0 Å². The van der Waals surface area contributed by atoms with E-state index in [1.54, 1.807) is 6.07 Å². The average Bonchev–Trinajstić information content (AvgIpc) is 3.08.